The molecule has 174 valence electrons. The van der Waals surface area contributed by atoms with Gasteiger partial charge in [0.15, 0.2) is 5.82 Å². The van der Waals surface area contributed by atoms with Gasteiger partial charge in [0.25, 0.3) is 5.56 Å². The molecule has 9 heteroatoms. The van der Waals surface area contributed by atoms with E-state index < -0.39 is 0 Å². The highest BCUT2D eigenvalue weighted by Gasteiger charge is 2.30. The van der Waals surface area contributed by atoms with Gasteiger partial charge in [-0.25, -0.2) is 4.68 Å². The highest BCUT2D eigenvalue weighted by molar-refractivity contribution is 7.09. The third kappa shape index (κ3) is 5.38. The van der Waals surface area contributed by atoms with Gasteiger partial charge in [0.2, 0.25) is 0 Å². The molecular weight excluding hydrogens is 436 g/mol. The minimum atomic E-state index is -0.0768. The first kappa shape index (κ1) is 23.3. The highest BCUT2D eigenvalue weighted by atomic mass is 32.1. The molecule has 0 saturated heterocycles. The van der Waals surface area contributed by atoms with Crippen molar-refractivity contribution in [3.05, 3.63) is 74.0 Å². The third-order valence-electron chi connectivity index (χ3n) is 5.75. The van der Waals surface area contributed by atoms with Crippen molar-refractivity contribution >= 4 is 22.2 Å². The Kier molecular flexibility index (Phi) is 7.32. The van der Waals surface area contributed by atoms with Crippen LogP contribution in [0.2, 0.25) is 0 Å². The number of benzene rings is 1. The van der Waals surface area contributed by atoms with Crippen molar-refractivity contribution in [1.29, 1.82) is 0 Å². The number of thiophene rings is 1. The summed E-state index contributed by atoms with van der Waals surface area (Å²) in [5.41, 5.74) is 2.64. The van der Waals surface area contributed by atoms with Crippen LogP contribution in [0.4, 0.5) is 0 Å². The molecule has 1 N–H and O–H groups in total. The molecule has 0 aliphatic carbocycles. The fourth-order valence-corrected chi connectivity index (χ4v) is 4.92. The number of aromatic nitrogens is 5. The van der Waals surface area contributed by atoms with E-state index >= 15 is 0 Å². The van der Waals surface area contributed by atoms with Gasteiger partial charge in [0, 0.05) is 36.2 Å². The predicted octanol–water partition coefficient (Wildman–Crippen LogP) is 3.93. The van der Waals surface area contributed by atoms with Crippen LogP contribution < -0.4 is 5.56 Å². The second-order valence-corrected chi connectivity index (χ2v) is 9.67. The Balaban J connectivity index is 1.74. The van der Waals surface area contributed by atoms with Crippen molar-refractivity contribution < 1.29 is 4.74 Å². The van der Waals surface area contributed by atoms with E-state index in [9.17, 15) is 4.79 Å². The van der Waals surface area contributed by atoms with Crippen LogP contribution in [-0.2, 0) is 24.4 Å². The monoisotopic (exact) mass is 466 g/mol. The van der Waals surface area contributed by atoms with Crippen LogP contribution in [0.3, 0.4) is 0 Å². The molecule has 1 atom stereocenters. The first-order chi connectivity index (χ1) is 16.0. The van der Waals surface area contributed by atoms with Crippen LogP contribution in [0, 0.1) is 12.8 Å². The predicted molar refractivity (Wildman–Crippen MR) is 130 cm³/mol. The third-order valence-corrected chi connectivity index (χ3v) is 6.61. The molecule has 0 fully saturated rings. The molecule has 0 aliphatic heterocycles. The Morgan fingerprint density at radius 1 is 1.21 bits per heavy atom. The number of nitrogens with one attached hydrogen (secondary N) is 1. The number of hydrogen-bond acceptors (Lipinski definition) is 7. The molecule has 0 radical (unpaired) electrons. The summed E-state index contributed by atoms with van der Waals surface area (Å²) < 4.78 is 7.05. The van der Waals surface area contributed by atoms with Crippen LogP contribution in [0.1, 0.15) is 41.7 Å². The van der Waals surface area contributed by atoms with E-state index in [2.05, 4.69) is 68.9 Å². The molecule has 33 heavy (non-hydrogen) atoms. The zero-order chi connectivity index (χ0) is 23.4. The maximum absolute atomic E-state index is 13.0. The van der Waals surface area contributed by atoms with Crippen molar-refractivity contribution in [2.45, 2.75) is 46.4 Å². The molecule has 0 unspecified atom stereocenters. The van der Waals surface area contributed by atoms with E-state index in [1.165, 1.54) is 4.88 Å². The molecule has 0 aliphatic rings. The summed E-state index contributed by atoms with van der Waals surface area (Å²) in [6.07, 6.45) is 0. The number of pyridine rings is 1. The lowest BCUT2D eigenvalue weighted by Gasteiger charge is -2.33. The summed E-state index contributed by atoms with van der Waals surface area (Å²) in [4.78, 5) is 19.6. The summed E-state index contributed by atoms with van der Waals surface area (Å²) in [7, 11) is 1.67. The fraction of sp³-hybridized carbons (Fsp3) is 0.417. The number of aromatic amines is 1. The number of methoxy groups -OCH3 is 1. The number of ether oxygens (including phenoxy) is 1. The van der Waals surface area contributed by atoms with Gasteiger partial charge in [0.1, 0.15) is 0 Å². The minimum Gasteiger partial charge on any atom is -0.383 e. The van der Waals surface area contributed by atoms with Crippen LogP contribution in [-0.4, -0.2) is 43.8 Å². The quantitative estimate of drug-likeness (QED) is 0.381. The summed E-state index contributed by atoms with van der Waals surface area (Å²) in [5.74, 6) is 1.01. The number of fused-ring (bicyclic) bond motifs is 1. The molecule has 0 saturated carbocycles. The number of hydrogen-bond donors (Lipinski definition) is 1. The maximum Gasteiger partial charge on any atom is 0.252 e. The summed E-state index contributed by atoms with van der Waals surface area (Å²) >= 11 is 1.71. The molecule has 3 heterocycles. The molecule has 0 amide bonds. The van der Waals surface area contributed by atoms with Gasteiger partial charge in [0.05, 0.1) is 19.2 Å². The van der Waals surface area contributed by atoms with Gasteiger partial charge in [-0.1, -0.05) is 32.0 Å². The fourth-order valence-electron chi connectivity index (χ4n) is 4.20. The van der Waals surface area contributed by atoms with E-state index in [0.717, 1.165) is 27.9 Å². The van der Waals surface area contributed by atoms with E-state index in [4.69, 9.17) is 4.74 Å². The lowest BCUT2D eigenvalue weighted by Crippen LogP contribution is -2.35. The standard InChI is InChI=1S/C24H30N6O2S/c1-16(2)22(23-26-27-28-30(23)9-10-32-4)29(15-20-6-5-11-33-20)14-19-13-18-8-7-17(3)12-21(18)25-24(19)31/h5-8,11-13,16,22H,9-10,14-15H2,1-4H3,(H,25,31)/t22-/m1/s1. The normalized spacial score (nSPS) is 12.8. The highest BCUT2D eigenvalue weighted by Crippen LogP contribution is 2.31. The SMILES string of the molecule is COCCn1nnnc1[C@@H](C(C)C)N(Cc1cccs1)Cc1cc2ccc(C)cc2[nH]c1=O. The van der Waals surface area contributed by atoms with E-state index in [-0.39, 0.29) is 17.5 Å². The van der Waals surface area contributed by atoms with Gasteiger partial charge in [-0.05, 0) is 57.8 Å². The first-order valence-corrected chi connectivity index (χ1v) is 12.0. The van der Waals surface area contributed by atoms with Crippen molar-refractivity contribution in [3.63, 3.8) is 0 Å². The molecule has 8 nitrogen and oxygen atoms in total. The largest absolute Gasteiger partial charge is 0.383 e. The average molecular weight is 467 g/mol. The van der Waals surface area contributed by atoms with Crippen molar-refractivity contribution in [1.82, 2.24) is 30.1 Å². The van der Waals surface area contributed by atoms with E-state index in [1.807, 2.05) is 23.7 Å². The maximum atomic E-state index is 13.0. The number of tetrazole rings is 1. The Bertz CT molecular complexity index is 1250. The van der Waals surface area contributed by atoms with Crippen molar-refractivity contribution in [3.8, 4) is 0 Å². The molecule has 0 bridgehead atoms. The Hall–Kier alpha value is -2.88. The molecule has 4 aromatic rings. The molecule has 3 aromatic heterocycles. The van der Waals surface area contributed by atoms with Crippen LogP contribution in [0.25, 0.3) is 10.9 Å². The zero-order valence-corrected chi connectivity index (χ0v) is 20.3. The Labute approximate surface area is 197 Å². The summed E-state index contributed by atoms with van der Waals surface area (Å²) in [6, 6.07) is 12.2. The Morgan fingerprint density at radius 3 is 2.79 bits per heavy atom. The smallest absolute Gasteiger partial charge is 0.252 e. The molecule has 1 aromatic carbocycles. The summed E-state index contributed by atoms with van der Waals surface area (Å²) in [6.45, 7) is 8.63. The molecule has 4 rings (SSSR count). The number of rotatable bonds is 10. The first-order valence-electron chi connectivity index (χ1n) is 11.1. The lowest BCUT2D eigenvalue weighted by atomic mass is 10.00. The van der Waals surface area contributed by atoms with E-state index in [0.29, 0.717) is 26.2 Å². The second kappa shape index (κ2) is 10.4. The van der Waals surface area contributed by atoms with Crippen molar-refractivity contribution in [2.75, 3.05) is 13.7 Å². The van der Waals surface area contributed by atoms with Gasteiger partial charge in [-0.3, -0.25) is 9.69 Å². The van der Waals surface area contributed by atoms with E-state index in [1.54, 1.807) is 18.4 Å². The average Bonchev–Trinajstić information content (AvgIpc) is 3.45. The van der Waals surface area contributed by atoms with Crippen molar-refractivity contribution in [2.24, 2.45) is 5.92 Å². The lowest BCUT2D eigenvalue weighted by molar-refractivity contribution is 0.122. The van der Waals surface area contributed by atoms with Crippen LogP contribution >= 0.6 is 11.3 Å². The van der Waals surface area contributed by atoms with Crippen LogP contribution in [0.15, 0.2) is 46.6 Å². The van der Waals surface area contributed by atoms with Gasteiger partial charge < -0.3 is 9.72 Å². The summed E-state index contributed by atoms with van der Waals surface area (Å²) in [5, 5.41) is 15.6. The van der Waals surface area contributed by atoms with Crippen LogP contribution in [0.5, 0.6) is 0 Å². The number of aryl methyl sites for hydroxylation is 1. The van der Waals surface area contributed by atoms with Gasteiger partial charge in [-0.15, -0.1) is 16.4 Å². The zero-order valence-electron chi connectivity index (χ0n) is 19.5. The number of H-pyrrole nitrogens is 1. The second-order valence-electron chi connectivity index (χ2n) is 8.64. The topological polar surface area (TPSA) is 88.9 Å². The number of nitrogens with zero attached hydrogens (tertiary/aromatic N) is 5. The van der Waals surface area contributed by atoms with Gasteiger partial charge in [-0.2, -0.15) is 0 Å². The Morgan fingerprint density at radius 2 is 2.06 bits per heavy atom. The molecular formula is C24H30N6O2S. The minimum absolute atomic E-state index is 0.0641. The molecule has 0 spiro atoms. The van der Waals surface area contributed by atoms with Gasteiger partial charge >= 0.3 is 0 Å².